The van der Waals surface area contributed by atoms with E-state index in [1.165, 1.54) is 0 Å². The molecule has 0 saturated heterocycles. The highest BCUT2D eigenvalue weighted by Crippen LogP contribution is 2.10. The Morgan fingerprint density at radius 3 is 2.19 bits per heavy atom. The van der Waals surface area contributed by atoms with Gasteiger partial charge in [-0.3, -0.25) is 9.59 Å². The first-order valence-corrected chi connectivity index (χ1v) is 8.87. The van der Waals surface area contributed by atoms with E-state index in [4.69, 9.17) is 10.5 Å². The van der Waals surface area contributed by atoms with Gasteiger partial charge < -0.3 is 26.4 Å². The molecule has 0 aromatic heterocycles. The van der Waals surface area contributed by atoms with Gasteiger partial charge in [-0.1, -0.05) is 26.0 Å². The standard InChI is InChI=1S/C19H30N4O4/c1-12(2)16(20)17(25)21-11-15(24)23-14-8-6-13(7-9-14)10-22-18(26)27-19(3,4)5/h6-9,12,16H,10-11,20H2,1-5H3,(H,21,25)(H,22,26)(H,23,24). The number of hydrogen-bond acceptors (Lipinski definition) is 5. The van der Waals surface area contributed by atoms with Gasteiger partial charge in [0.2, 0.25) is 11.8 Å². The largest absolute Gasteiger partial charge is 0.444 e. The lowest BCUT2D eigenvalue weighted by molar-refractivity contribution is -0.125. The number of carbonyl (C=O) groups excluding carboxylic acids is 3. The summed E-state index contributed by atoms with van der Waals surface area (Å²) in [5.41, 5.74) is 6.61. The summed E-state index contributed by atoms with van der Waals surface area (Å²) in [6.45, 7) is 9.22. The van der Waals surface area contributed by atoms with E-state index < -0.39 is 17.7 Å². The van der Waals surface area contributed by atoms with Gasteiger partial charge in [-0.15, -0.1) is 0 Å². The zero-order chi connectivity index (χ0) is 20.6. The van der Waals surface area contributed by atoms with Gasteiger partial charge >= 0.3 is 6.09 Å². The maximum atomic E-state index is 11.9. The van der Waals surface area contributed by atoms with Crippen LogP contribution in [0.4, 0.5) is 10.5 Å². The summed E-state index contributed by atoms with van der Waals surface area (Å²) in [6, 6.07) is 6.34. The summed E-state index contributed by atoms with van der Waals surface area (Å²) < 4.78 is 5.16. The molecule has 1 unspecified atom stereocenters. The first-order chi connectivity index (χ1) is 12.5. The Balaban J connectivity index is 2.42. The van der Waals surface area contributed by atoms with Crippen LogP contribution in [0.25, 0.3) is 0 Å². The van der Waals surface area contributed by atoms with Crippen molar-refractivity contribution < 1.29 is 19.1 Å². The smallest absolute Gasteiger partial charge is 0.407 e. The predicted octanol–water partition coefficient (Wildman–Crippen LogP) is 1.75. The Labute approximate surface area is 160 Å². The zero-order valence-corrected chi connectivity index (χ0v) is 16.6. The number of amides is 3. The van der Waals surface area contributed by atoms with Crippen molar-refractivity contribution in [2.75, 3.05) is 11.9 Å². The van der Waals surface area contributed by atoms with Crippen molar-refractivity contribution in [2.24, 2.45) is 11.7 Å². The highest BCUT2D eigenvalue weighted by molar-refractivity contribution is 5.95. The van der Waals surface area contributed by atoms with Gasteiger partial charge in [-0.2, -0.15) is 0 Å². The van der Waals surface area contributed by atoms with Crippen LogP contribution in [0.3, 0.4) is 0 Å². The van der Waals surface area contributed by atoms with Crippen LogP contribution in [-0.2, 0) is 20.9 Å². The third-order valence-corrected chi connectivity index (χ3v) is 3.52. The molecule has 0 radical (unpaired) electrons. The second-order valence-corrected chi connectivity index (χ2v) is 7.59. The minimum absolute atomic E-state index is 0.00473. The number of anilines is 1. The second kappa shape index (κ2) is 9.91. The number of alkyl carbamates (subject to hydrolysis) is 1. The van der Waals surface area contributed by atoms with Gasteiger partial charge in [0.05, 0.1) is 12.6 Å². The normalized spacial score (nSPS) is 12.3. The van der Waals surface area contributed by atoms with Crippen molar-refractivity contribution in [3.63, 3.8) is 0 Å². The van der Waals surface area contributed by atoms with Crippen molar-refractivity contribution in [2.45, 2.75) is 52.8 Å². The fourth-order valence-corrected chi connectivity index (χ4v) is 1.99. The molecule has 0 spiro atoms. The SMILES string of the molecule is CC(C)C(N)C(=O)NCC(=O)Nc1ccc(CNC(=O)OC(C)(C)C)cc1. The van der Waals surface area contributed by atoms with Crippen molar-refractivity contribution >= 4 is 23.6 Å². The number of carbonyl (C=O) groups is 3. The Morgan fingerprint density at radius 1 is 1.07 bits per heavy atom. The van der Waals surface area contributed by atoms with Crippen LogP contribution in [0, 0.1) is 5.92 Å². The van der Waals surface area contributed by atoms with Crippen LogP contribution in [0.15, 0.2) is 24.3 Å². The number of nitrogens with two attached hydrogens (primary N) is 1. The van der Waals surface area contributed by atoms with Crippen molar-refractivity contribution in [1.82, 2.24) is 10.6 Å². The molecule has 3 amide bonds. The molecule has 0 fully saturated rings. The summed E-state index contributed by atoms with van der Waals surface area (Å²) in [5.74, 6) is -0.711. The molecule has 8 heteroatoms. The Morgan fingerprint density at radius 2 is 1.67 bits per heavy atom. The van der Waals surface area contributed by atoms with E-state index in [2.05, 4.69) is 16.0 Å². The van der Waals surface area contributed by atoms with Gasteiger partial charge in [0.25, 0.3) is 0 Å². The van der Waals surface area contributed by atoms with Gasteiger partial charge in [-0.05, 0) is 44.4 Å². The first-order valence-electron chi connectivity index (χ1n) is 8.87. The average Bonchev–Trinajstić information content (AvgIpc) is 2.56. The van der Waals surface area contributed by atoms with Crippen molar-refractivity contribution in [3.05, 3.63) is 29.8 Å². The van der Waals surface area contributed by atoms with Crippen LogP contribution in [-0.4, -0.2) is 36.1 Å². The third kappa shape index (κ3) is 9.05. The highest BCUT2D eigenvalue weighted by atomic mass is 16.6. The molecule has 27 heavy (non-hydrogen) atoms. The lowest BCUT2D eigenvalue weighted by Crippen LogP contribution is -2.46. The number of nitrogens with one attached hydrogen (secondary N) is 3. The third-order valence-electron chi connectivity index (χ3n) is 3.52. The summed E-state index contributed by atoms with van der Waals surface area (Å²) in [7, 11) is 0. The lowest BCUT2D eigenvalue weighted by Gasteiger charge is -2.19. The topological polar surface area (TPSA) is 123 Å². The van der Waals surface area contributed by atoms with Gasteiger partial charge in [-0.25, -0.2) is 4.79 Å². The molecule has 1 aromatic rings. The molecule has 5 N–H and O–H groups in total. The number of rotatable bonds is 7. The van der Waals surface area contributed by atoms with Gasteiger partial charge in [0, 0.05) is 12.2 Å². The molecule has 0 bridgehead atoms. The Hall–Kier alpha value is -2.61. The highest BCUT2D eigenvalue weighted by Gasteiger charge is 2.18. The monoisotopic (exact) mass is 378 g/mol. The maximum Gasteiger partial charge on any atom is 0.407 e. The molecule has 1 atom stereocenters. The number of ether oxygens (including phenoxy) is 1. The van der Waals surface area contributed by atoms with E-state index >= 15 is 0 Å². The van der Waals surface area contributed by atoms with E-state index in [1.807, 2.05) is 13.8 Å². The summed E-state index contributed by atoms with van der Waals surface area (Å²) >= 11 is 0. The van der Waals surface area contributed by atoms with E-state index in [-0.39, 0.29) is 24.3 Å². The van der Waals surface area contributed by atoms with Crippen molar-refractivity contribution in [3.8, 4) is 0 Å². The summed E-state index contributed by atoms with van der Waals surface area (Å²) in [6.07, 6.45) is -0.491. The maximum absolute atomic E-state index is 11.9. The molecule has 1 rings (SSSR count). The minimum atomic E-state index is -0.644. The lowest BCUT2D eigenvalue weighted by atomic mass is 10.1. The molecule has 0 aliphatic heterocycles. The van der Waals surface area contributed by atoms with Crippen LogP contribution in [0.1, 0.15) is 40.2 Å². The zero-order valence-electron chi connectivity index (χ0n) is 16.6. The summed E-state index contributed by atoms with van der Waals surface area (Å²) in [4.78, 5) is 35.3. The molecule has 8 nitrogen and oxygen atoms in total. The second-order valence-electron chi connectivity index (χ2n) is 7.59. The van der Waals surface area contributed by atoms with Crippen LogP contribution >= 0.6 is 0 Å². The molecular formula is C19H30N4O4. The molecule has 0 aliphatic rings. The van der Waals surface area contributed by atoms with E-state index in [1.54, 1.807) is 45.0 Å². The van der Waals surface area contributed by atoms with Crippen LogP contribution in [0.5, 0.6) is 0 Å². The number of benzene rings is 1. The predicted molar refractivity (Wildman–Crippen MR) is 104 cm³/mol. The molecule has 1 aromatic carbocycles. The molecule has 150 valence electrons. The minimum Gasteiger partial charge on any atom is -0.444 e. The molecular weight excluding hydrogens is 348 g/mol. The Bertz CT molecular complexity index is 651. The number of hydrogen-bond donors (Lipinski definition) is 4. The van der Waals surface area contributed by atoms with E-state index in [9.17, 15) is 14.4 Å². The van der Waals surface area contributed by atoms with Crippen molar-refractivity contribution in [1.29, 1.82) is 0 Å². The summed E-state index contributed by atoms with van der Waals surface area (Å²) in [5, 5.41) is 7.85. The first kappa shape index (κ1) is 22.4. The van der Waals surface area contributed by atoms with Gasteiger partial charge in [0.1, 0.15) is 5.60 Å². The molecule has 0 saturated carbocycles. The quantitative estimate of drug-likeness (QED) is 0.576. The van der Waals surface area contributed by atoms with Gasteiger partial charge in [0.15, 0.2) is 0 Å². The van der Waals surface area contributed by atoms with E-state index in [0.29, 0.717) is 12.2 Å². The molecule has 0 heterocycles. The Kier molecular flexibility index (Phi) is 8.24. The average molecular weight is 378 g/mol. The van der Waals surface area contributed by atoms with E-state index in [0.717, 1.165) is 5.56 Å². The fourth-order valence-electron chi connectivity index (χ4n) is 1.99. The van der Waals surface area contributed by atoms with Crippen LogP contribution in [0.2, 0.25) is 0 Å². The fraction of sp³-hybridized carbons (Fsp3) is 0.526. The van der Waals surface area contributed by atoms with Crippen LogP contribution < -0.4 is 21.7 Å². The molecule has 0 aliphatic carbocycles.